The Bertz CT molecular complexity index is 1090. The molecule has 0 aliphatic rings. The van der Waals surface area contributed by atoms with E-state index in [4.69, 9.17) is 4.42 Å². The summed E-state index contributed by atoms with van der Waals surface area (Å²) in [6, 6.07) is 11.2. The number of rotatable bonds is 4. The number of nitrogens with zero attached hydrogens (tertiary/aromatic N) is 4. The van der Waals surface area contributed by atoms with Crippen LogP contribution in [0.4, 0.5) is 0 Å². The van der Waals surface area contributed by atoms with Gasteiger partial charge in [0.25, 0.3) is 11.4 Å². The quantitative estimate of drug-likeness (QED) is 0.401. The van der Waals surface area contributed by atoms with Gasteiger partial charge in [-0.05, 0) is 30.5 Å². The molecule has 0 N–H and O–H groups in total. The zero-order chi connectivity index (χ0) is 17.4. The third kappa shape index (κ3) is 2.98. The Morgan fingerprint density at radius 2 is 2.04 bits per heavy atom. The Morgan fingerprint density at radius 1 is 1.20 bits per heavy atom. The normalized spacial score (nSPS) is 12.6. The molecule has 0 fully saturated rings. The molecule has 1 aromatic carbocycles. The van der Waals surface area contributed by atoms with Gasteiger partial charge in [-0.2, -0.15) is 0 Å². The molecule has 0 aliphatic heterocycles. The summed E-state index contributed by atoms with van der Waals surface area (Å²) in [6.45, 7) is 1.96. The minimum Gasteiger partial charge on any atom is -0.419 e. The molecule has 0 bridgehead atoms. The van der Waals surface area contributed by atoms with E-state index in [0.717, 1.165) is 4.88 Å². The molecule has 0 saturated carbocycles. The van der Waals surface area contributed by atoms with Crippen LogP contribution in [0.2, 0.25) is 0 Å². The molecule has 1 unspecified atom stereocenters. The smallest absolute Gasteiger partial charge is 0.261 e. The van der Waals surface area contributed by atoms with Crippen molar-refractivity contribution in [3.8, 4) is 10.8 Å². The maximum Gasteiger partial charge on any atom is 0.261 e. The molecular weight excluding hydrogens is 356 g/mol. The third-order valence-electron chi connectivity index (χ3n) is 3.74. The lowest BCUT2D eigenvalue weighted by atomic mass is 10.2. The van der Waals surface area contributed by atoms with E-state index in [1.165, 1.54) is 11.8 Å². The second-order valence-electron chi connectivity index (χ2n) is 5.46. The minimum absolute atomic E-state index is 0.0647. The second-order valence-corrected chi connectivity index (χ2v) is 7.71. The molecular formula is C17H14N4O2S2. The van der Waals surface area contributed by atoms with Crippen molar-refractivity contribution >= 4 is 34.0 Å². The van der Waals surface area contributed by atoms with Gasteiger partial charge in [0.15, 0.2) is 5.16 Å². The van der Waals surface area contributed by atoms with E-state index in [0.29, 0.717) is 27.8 Å². The lowest BCUT2D eigenvalue weighted by Crippen LogP contribution is -2.20. The fourth-order valence-electron chi connectivity index (χ4n) is 2.41. The topological polar surface area (TPSA) is 73.8 Å². The molecule has 0 saturated heterocycles. The highest BCUT2D eigenvalue weighted by Gasteiger charge is 2.19. The number of benzene rings is 1. The first kappa shape index (κ1) is 16.0. The van der Waals surface area contributed by atoms with Crippen molar-refractivity contribution in [2.45, 2.75) is 17.3 Å². The molecule has 3 aromatic heterocycles. The van der Waals surface area contributed by atoms with E-state index >= 15 is 0 Å². The van der Waals surface area contributed by atoms with Crippen molar-refractivity contribution in [3.63, 3.8) is 0 Å². The number of hydrogen-bond donors (Lipinski definition) is 0. The summed E-state index contributed by atoms with van der Waals surface area (Å²) >= 11 is 2.97. The second kappa shape index (κ2) is 6.45. The summed E-state index contributed by atoms with van der Waals surface area (Å²) < 4.78 is 7.33. The largest absolute Gasteiger partial charge is 0.419 e. The highest BCUT2D eigenvalue weighted by molar-refractivity contribution is 7.99. The van der Waals surface area contributed by atoms with Crippen LogP contribution in [0.15, 0.2) is 56.1 Å². The van der Waals surface area contributed by atoms with Gasteiger partial charge >= 0.3 is 0 Å². The standard InChI is InChI=1S/C17H14N4O2S2/c1-10(14-19-20-15(23-14)13-8-5-9-24-13)25-17-18-12-7-4-3-6-11(12)16(22)21(17)2/h3-10H,1-2H3. The van der Waals surface area contributed by atoms with Gasteiger partial charge in [0.05, 0.1) is 21.0 Å². The number of thiophene rings is 1. The van der Waals surface area contributed by atoms with Crippen molar-refractivity contribution in [2.75, 3.05) is 0 Å². The van der Waals surface area contributed by atoms with Gasteiger partial charge in [0.2, 0.25) is 5.89 Å². The molecule has 4 rings (SSSR count). The Labute approximate surface area is 151 Å². The number of hydrogen-bond acceptors (Lipinski definition) is 7. The first-order valence-electron chi connectivity index (χ1n) is 7.63. The lowest BCUT2D eigenvalue weighted by Gasteiger charge is -2.11. The number of thioether (sulfide) groups is 1. The van der Waals surface area contributed by atoms with Gasteiger partial charge in [-0.3, -0.25) is 9.36 Å². The Hall–Kier alpha value is -2.45. The van der Waals surface area contributed by atoms with Crippen LogP contribution >= 0.6 is 23.1 Å². The molecule has 6 nitrogen and oxygen atoms in total. The summed E-state index contributed by atoms with van der Waals surface area (Å²) in [4.78, 5) is 18.0. The van der Waals surface area contributed by atoms with E-state index in [-0.39, 0.29) is 10.8 Å². The van der Waals surface area contributed by atoms with Gasteiger partial charge in [-0.1, -0.05) is 30.0 Å². The predicted molar refractivity (Wildman–Crippen MR) is 98.9 cm³/mol. The fraction of sp³-hybridized carbons (Fsp3) is 0.176. The monoisotopic (exact) mass is 370 g/mol. The van der Waals surface area contributed by atoms with E-state index in [1.807, 2.05) is 42.6 Å². The summed E-state index contributed by atoms with van der Waals surface area (Å²) in [7, 11) is 1.72. The molecule has 1 atom stereocenters. The summed E-state index contributed by atoms with van der Waals surface area (Å²) in [5.41, 5.74) is 0.621. The zero-order valence-corrected chi connectivity index (χ0v) is 15.2. The molecule has 126 valence electrons. The highest BCUT2D eigenvalue weighted by Crippen LogP contribution is 2.34. The van der Waals surface area contributed by atoms with E-state index < -0.39 is 0 Å². The SMILES string of the molecule is CC(Sc1nc2ccccc2c(=O)n1C)c1nnc(-c2cccs2)o1. The molecule has 4 aromatic rings. The zero-order valence-electron chi connectivity index (χ0n) is 13.5. The van der Waals surface area contributed by atoms with E-state index in [9.17, 15) is 4.79 Å². The van der Waals surface area contributed by atoms with Crippen LogP contribution in [0, 0.1) is 0 Å². The molecule has 25 heavy (non-hydrogen) atoms. The van der Waals surface area contributed by atoms with Crippen LogP contribution in [0.5, 0.6) is 0 Å². The first-order valence-corrected chi connectivity index (χ1v) is 9.39. The summed E-state index contributed by atoms with van der Waals surface area (Å²) in [5, 5.41) is 11.3. The summed E-state index contributed by atoms with van der Waals surface area (Å²) in [6.07, 6.45) is 0. The van der Waals surface area contributed by atoms with Crippen molar-refractivity contribution in [3.05, 3.63) is 58.0 Å². The molecule has 0 aliphatic carbocycles. The van der Waals surface area contributed by atoms with Crippen molar-refractivity contribution in [2.24, 2.45) is 7.05 Å². The van der Waals surface area contributed by atoms with E-state index in [2.05, 4.69) is 15.2 Å². The van der Waals surface area contributed by atoms with Crippen LogP contribution in [0.3, 0.4) is 0 Å². The Kier molecular flexibility index (Phi) is 4.14. The van der Waals surface area contributed by atoms with E-state index in [1.54, 1.807) is 29.0 Å². The van der Waals surface area contributed by atoms with Gasteiger partial charge < -0.3 is 4.42 Å². The third-order valence-corrected chi connectivity index (χ3v) is 5.73. The Balaban J connectivity index is 1.65. The highest BCUT2D eigenvalue weighted by atomic mass is 32.2. The van der Waals surface area contributed by atoms with Crippen molar-refractivity contribution in [1.82, 2.24) is 19.7 Å². The van der Waals surface area contributed by atoms with Crippen LogP contribution in [-0.2, 0) is 7.05 Å². The van der Waals surface area contributed by atoms with Gasteiger partial charge in [-0.15, -0.1) is 21.5 Å². The van der Waals surface area contributed by atoms with Crippen LogP contribution < -0.4 is 5.56 Å². The number of para-hydroxylation sites is 1. The van der Waals surface area contributed by atoms with Gasteiger partial charge in [-0.25, -0.2) is 4.98 Å². The summed E-state index contributed by atoms with van der Waals surface area (Å²) in [5.74, 6) is 1.02. The molecule has 8 heteroatoms. The molecule has 0 amide bonds. The first-order chi connectivity index (χ1) is 12.1. The van der Waals surface area contributed by atoms with Gasteiger partial charge in [0.1, 0.15) is 0 Å². The Morgan fingerprint density at radius 3 is 2.84 bits per heavy atom. The van der Waals surface area contributed by atoms with Crippen LogP contribution in [0.25, 0.3) is 21.7 Å². The molecule has 0 spiro atoms. The lowest BCUT2D eigenvalue weighted by molar-refractivity contribution is 0.509. The molecule has 3 heterocycles. The fourth-order valence-corrected chi connectivity index (χ4v) is 3.96. The van der Waals surface area contributed by atoms with Crippen molar-refractivity contribution in [1.29, 1.82) is 0 Å². The minimum atomic E-state index is -0.125. The van der Waals surface area contributed by atoms with Crippen LogP contribution in [0.1, 0.15) is 18.1 Å². The maximum atomic E-state index is 12.5. The van der Waals surface area contributed by atoms with Gasteiger partial charge in [0, 0.05) is 7.05 Å². The predicted octanol–water partition coefficient (Wildman–Crippen LogP) is 3.90. The molecule has 0 radical (unpaired) electrons. The van der Waals surface area contributed by atoms with Crippen LogP contribution in [-0.4, -0.2) is 19.7 Å². The average Bonchev–Trinajstić information content (AvgIpc) is 3.30. The van der Waals surface area contributed by atoms with Crippen molar-refractivity contribution < 1.29 is 4.42 Å². The average molecular weight is 370 g/mol. The number of aromatic nitrogens is 4. The maximum absolute atomic E-state index is 12.5. The number of fused-ring (bicyclic) bond motifs is 1.